The van der Waals surface area contributed by atoms with Gasteiger partial charge in [0.25, 0.3) is 5.91 Å². The predicted octanol–water partition coefficient (Wildman–Crippen LogP) is 1.90. The van der Waals surface area contributed by atoms with E-state index in [1.165, 1.54) is 6.33 Å². The van der Waals surface area contributed by atoms with Gasteiger partial charge in [-0.2, -0.15) is 5.10 Å². The fourth-order valence-electron chi connectivity index (χ4n) is 2.08. The van der Waals surface area contributed by atoms with Crippen LogP contribution in [0.2, 0.25) is 0 Å². The largest absolute Gasteiger partial charge is 0.346 e. The van der Waals surface area contributed by atoms with Gasteiger partial charge in [-0.3, -0.25) is 9.78 Å². The molecule has 0 saturated heterocycles. The first-order chi connectivity index (χ1) is 10.7. The minimum Gasteiger partial charge on any atom is -0.346 e. The van der Waals surface area contributed by atoms with Gasteiger partial charge in [0.05, 0.1) is 17.9 Å². The molecule has 0 unspecified atom stereocenters. The number of nitrogens with one attached hydrogen (secondary N) is 1. The number of carbonyl (C=O) groups is 1. The Labute approximate surface area is 127 Å². The third-order valence-corrected chi connectivity index (χ3v) is 3.19. The van der Waals surface area contributed by atoms with Crippen LogP contribution in [0.4, 0.5) is 0 Å². The molecule has 3 rings (SSSR count). The number of carbonyl (C=O) groups excluding carboxylic acids is 1. The molecule has 0 fully saturated rings. The highest BCUT2D eigenvalue weighted by Gasteiger charge is 2.06. The highest BCUT2D eigenvalue weighted by molar-refractivity contribution is 5.94. The second-order valence-corrected chi connectivity index (χ2v) is 4.84. The Balaban J connectivity index is 1.65. The molecule has 0 aliphatic heterocycles. The lowest BCUT2D eigenvalue weighted by molar-refractivity contribution is 0.0950. The molecular formula is C16H15N5O. The molecule has 0 saturated carbocycles. The first-order valence-corrected chi connectivity index (χ1v) is 6.88. The van der Waals surface area contributed by atoms with E-state index in [0.717, 1.165) is 17.1 Å². The van der Waals surface area contributed by atoms with Gasteiger partial charge < -0.3 is 5.32 Å². The van der Waals surface area contributed by atoms with Gasteiger partial charge in [-0.05, 0) is 43.3 Å². The number of amides is 1. The Hall–Kier alpha value is -3.02. The summed E-state index contributed by atoms with van der Waals surface area (Å²) in [6.45, 7) is 2.33. The maximum Gasteiger partial charge on any atom is 0.251 e. The van der Waals surface area contributed by atoms with E-state index >= 15 is 0 Å². The molecule has 0 spiro atoms. The van der Waals surface area contributed by atoms with Gasteiger partial charge in [-0.15, -0.1) is 0 Å². The molecule has 0 radical (unpaired) electrons. The van der Waals surface area contributed by atoms with E-state index in [-0.39, 0.29) is 5.91 Å². The van der Waals surface area contributed by atoms with Gasteiger partial charge in [0.15, 0.2) is 0 Å². The third kappa shape index (κ3) is 3.17. The van der Waals surface area contributed by atoms with Crippen molar-refractivity contribution in [2.75, 3.05) is 0 Å². The first kappa shape index (κ1) is 13.9. The fourth-order valence-corrected chi connectivity index (χ4v) is 2.08. The third-order valence-electron chi connectivity index (χ3n) is 3.19. The molecule has 0 aliphatic carbocycles. The molecule has 1 aromatic carbocycles. The Morgan fingerprint density at radius 2 is 2.00 bits per heavy atom. The number of hydrogen-bond acceptors (Lipinski definition) is 4. The second-order valence-electron chi connectivity index (χ2n) is 4.84. The van der Waals surface area contributed by atoms with E-state index in [4.69, 9.17) is 0 Å². The number of hydrogen-bond donors (Lipinski definition) is 1. The molecule has 3 aromatic rings. The summed E-state index contributed by atoms with van der Waals surface area (Å²) in [4.78, 5) is 20.4. The number of rotatable bonds is 4. The summed E-state index contributed by atoms with van der Waals surface area (Å²) < 4.78 is 1.64. The topological polar surface area (TPSA) is 72.7 Å². The molecule has 0 aliphatic rings. The highest BCUT2D eigenvalue weighted by atomic mass is 16.1. The fraction of sp³-hybridized carbons (Fsp3) is 0.125. The lowest BCUT2D eigenvalue weighted by atomic mass is 10.2. The number of benzene rings is 1. The quantitative estimate of drug-likeness (QED) is 0.797. The minimum atomic E-state index is -0.131. The Morgan fingerprint density at radius 1 is 1.18 bits per heavy atom. The average Bonchev–Trinajstić information content (AvgIpc) is 3.07. The standard InChI is InChI=1S/C16H15N5O/c1-12-3-2-4-14(20-12)9-18-16(22)13-5-7-15(8-6-13)21-11-17-10-19-21/h2-8,10-11H,9H2,1H3,(H,18,22). The molecule has 110 valence electrons. The van der Waals surface area contributed by atoms with E-state index in [2.05, 4.69) is 20.4 Å². The molecular weight excluding hydrogens is 278 g/mol. The van der Waals surface area contributed by atoms with E-state index < -0.39 is 0 Å². The van der Waals surface area contributed by atoms with Crippen LogP contribution in [0.5, 0.6) is 0 Å². The number of aryl methyl sites for hydroxylation is 1. The van der Waals surface area contributed by atoms with Crippen LogP contribution < -0.4 is 5.32 Å². The van der Waals surface area contributed by atoms with Gasteiger partial charge in [-0.25, -0.2) is 9.67 Å². The van der Waals surface area contributed by atoms with Crippen LogP contribution in [-0.4, -0.2) is 25.7 Å². The molecule has 0 atom stereocenters. The van der Waals surface area contributed by atoms with Gasteiger partial charge >= 0.3 is 0 Å². The van der Waals surface area contributed by atoms with Crippen molar-refractivity contribution in [3.8, 4) is 5.69 Å². The second kappa shape index (κ2) is 6.17. The van der Waals surface area contributed by atoms with E-state index in [0.29, 0.717) is 12.1 Å². The zero-order valence-corrected chi connectivity index (χ0v) is 12.1. The van der Waals surface area contributed by atoms with Gasteiger partial charge in [0.1, 0.15) is 12.7 Å². The summed E-state index contributed by atoms with van der Waals surface area (Å²) >= 11 is 0. The molecule has 1 amide bonds. The van der Waals surface area contributed by atoms with Crippen molar-refractivity contribution in [1.29, 1.82) is 0 Å². The zero-order chi connectivity index (χ0) is 15.4. The SMILES string of the molecule is Cc1cccc(CNC(=O)c2ccc(-n3cncn3)cc2)n1. The van der Waals surface area contributed by atoms with Crippen molar-refractivity contribution in [2.45, 2.75) is 13.5 Å². The van der Waals surface area contributed by atoms with Crippen molar-refractivity contribution in [1.82, 2.24) is 25.1 Å². The van der Waals surface area contributed by atoms with Crippen LogP contribution in [0.15, 0.2) is 55.1 Å². The molecule has 2 aromatic heterocycles. The van der Waals surface area contributed by atoms with E-state index in [1.54, 1.807) is 23.1 Å². The van der Waals surface area contributed by atoms with Crippen LogP contribution in [0.25, 0.3) is 5.69 Å². The number of pyridine rings is 1. The van der Waals surface area contributed by atoms with Crippen molar-refractivity contribution < 1.29 is 4.79 Å². The lowest BCUT2D eigenvalue weighted by Crippen LogP contribution is -2.23. The van der Waals surface area contributed by atoms with Gasteiger partial charge in [0.2, 0.25) is 0 Å². The highest BCUT2D eigenvalue weighted by Crippen LogP contribution is 2.08. The predicted molar refractivity (Wildman–Crippen MR) is 81.5 cm³/mol. The normalized spacial score (nSPS) is 10.4. The maximum absolute atomic E-state index is 12.1. The summed E-state index contributed by atoms with van der Waals surface area (Å²) in [6, 6.07) is 12.9. The van der Waals surface area contributed by atoms with Crippen molar-refractivity contribution in [2.24, 2.45) is 0 Å². The van der Waals surface area contributed by atoms with Crippen molar-refractivity contribution in [3.05, 3.63) is 72.1 Å². The Morgan fingerprint density at radius 3 is 2.68 bits per heavy atom. The van der Waals surface area contributed by atoms with E-state index in [1.807, 2.05) is 37.3 Å². The van der Waals surface area contributed by atoms with Crippen LogP contribution in [-0.2, 0) is 6.54 Å². The van der Waals surface area contributed by atoms with Crippen molar-refractivity contribution >= 4 is 5.91 Å². The lowest BCUT2D eigenvalue weighted by Gasteiger charge is -2.06. The first-order valence-electron chi connectivity index (χ1n) is 6.88. The average molecular weight is 293 g/mol. The summed E-state index contributed by atoms with van der Waals surface area (Å²) in [5, 5.41) is 6.90. The molecule has 6 heteroatoms. The van der Waals surface area contributed by atoms with Crippen LogP contribution in [0.3, 0.4) is 0 Å². The van der Waals surface area contributed by atoms with Crippen LogP contribution in [0.1, 0.15) is 21.7 Å². The van der Waals surface area contributed by atoms with E-state index in [9.17, 15) is 4.79 Å². The molecule has 2 heterocycles. The Bertz CT molecular complexity index is 765. The summed E-state index contributed by atoms with van der Waals surface area (Å²) in [7, 11) is 0. The van der Waals surface area contributed by atoms with Crippen LogP contribution >= 0.6 is 0 Å². The van der Waals surface area contributed by atoms with Gasteiger partial charge in [-0.1, -0.05) is 6.07 Å². The van der Waals surface area contributed by atoms with Gasteiger partial charge in [0, 0.05) is 11.3 Å². The summed E-state index contributed by atoms with van der Waals surface area (Å²) in [5.74, 6) is -0.131. The zero-order valence-electron chi connectivity index (χ0n) is 12.1. The van der Waals surface area contributed by atoms with Crippen molar-refractivity contribution in [3.63, 3.8) is 0 Å². The van der Waals surface area contributed by atoms with Crippen LogP contribution in [0, 0.1) is 6.92 Å². The molecule has 22 heavy (non-hydrogen) atoms. The number of nitrogens with zero attached hydrogens (tertiary/aromatic N) is 4. The molecule has 1 N–H and O–H groups in total. The molecule has 0 bridgehead atoms. The number of aromatic nitrogens is 4. The monoisotopic (exact) mass is 293 g/mol. The maximum atomic E-state index is 12.1. The minimum absolute atomic E-state index is 0.131. The summed E-state index contributed by atoms with van der Waals surface area (Å²) in [6.07, 6.45) is 3.08. The molecule has 6 nitrogen and oxygen atoms in total. The smallest absolute Gasteiger partial charge is 0.251 e. The summed E-state index contributed by atoms with van der Waals surface area (Å²) in [5.41, 5.74) is 3.22. The Kier molecular flexibility index (Phi) is 3.91.